The van der Waals surface area contributed by atoms with E-state index in [-0.39, 0.29) is 5.60 Å². The molecule has 0 radical (unpaired) electrons. The summed E-state index contributed by atoms with van der Waals surface area (Å²) in [6, 6.07) is 0. The Morgan fingerprint density at radius 2 is 1.81 bits per heavy atom. The average Bonchev–Trinajstić information content (AvgIpc) is 2.86. The van der Waals surface area contributed by atoms with Crippen LogP contribution in [0.5, 0.6) is 0 Å². The highest BCUT2D eigenvalue weighted by Gasteiger charge is 2.48. The first-order chi connectivity index (χ1) is 10.0. The normalized spacial score (nSPS) is 40.0. The van der Waals surface area contributed by atoms with Crippen LogP contribution >= 0.6 is 0 Å². The first kappa shape index (κ1) is 15.8. The van der Waals surface area contributed by atoms with Gasteiger partial charge in [-0.1, -0.05) is 39.5 Å². The molecule has 0 bridgehead atoms. The first-order valence-corrected chi connectivity index (χ1v) is 9.38. The molecule has 21 heavy (non-hydrogen) atoms. The van der Waals surface area contributed by atoms with Crippen LogP contribution in [0.4, 0.5) is 0 Å². The van der Waals surface area contributed by atoms with Gasteiger partial charge in [0, 0.05) is 6.61 Å². The minimum Gasteiger partial charge on any atom is -0.390 e. The Bertz CT molecular complexity index is 345. The van der Waals surface area contributed by atoms with Crippen molar-refractivity contribution in [2.45, 2.75) is 95.7 Å². The Hall–Kier alpha value is -0.0800. The second-order valence-electron chi connectivity index (χ2n) is 8.62. The van der Waals surface area contributed by atoms with Gasteiger partial charge in [-0.15, -0.1) is 0 Å². The molecule has 2 aliphatic carbocycles. The van der Waals surface area contributed by atoms with Crippen molar-refractivity contribution in [2.75, 3.05) is 6.61 Å². The third-order valence-electron chi connectivity index (χ3n) is 6.44. The Labute approximate surface area is 130 Å². The second-order valence-corrected chi connectivity index (χ2v) is 8.62. The quantitative estimate of drug-likeness (QED) is 0.818. The second kappa shape index (κ2) is 6.20. The molecular weight excluding hydrogens is 260 g/mol. The Kier molecular flexibility index (Phi) is 4.66. The van der Waals surface area contributed by atoms with E-state index < -0.39 is 5.60 Å². The monoisotopic (exact) mass is 294 g/mol. The van der Waals surface area contributed by atoms with Gasteiger partial charge in [0.1, 0.15) is 0 Å². The van der Waals surface area contributed by atoms with Crippen LogP contribution in [0, 0.1) is 17.8 Å². The van der Waals surface area contributed by atoms with Crippen molar-refractivity contribution in [1.29, 1.82) is 0 Å². The van der Waals surface area contributed by atoms with Crippen molar-refractivity contribution in [3.8, 4) is 0 Å². The van der Waals surface area contributed by atoms with Gasteiger partial charge in [-0.05, 0) is 62.7 Å². The Morgan fingerprint density at radius 3 is 2.52 bits per heavy atom. The average molecular weight is 294 g/mol. The third-order valence-corrected chi connectivity index (χ3v) is 6.44. The number of hydrogen-bond acceptors (Lipinski definition) is 2. The van der Waals surface area contributed by atoms with Gasteiger partial charge in [0.25, 0.3) is 0 Å². The summed E-state index contributed by atoms with van der Waals surface area (Å²) in [4.78, 5) is 0. The van der Waals surface area contributed by atoms with Crippen LogP contribution < -0.4 is 0 Å². The minimum absolute atomic E-state index is 0.142. The van der Waals surface area contributed by atoms with Crippen molar-refractivity contribution in [1.82, 2.24) is 0 Å². The molecule has 2 nitrogen and oxygen atoms in total. The van der Waals surface area contributed by atoms with Crippen molar-refractivity contribution < 1.29 is 9.84 Å². The van der Waals surface area contributed by atoms with E-state index in [9.17, 15) is 5.11 Å². The summed E-state index contributed by atoms with van der Waals surface area (Å²) in [6.07, 6.45) is 13.2. The van der Waals surface area contributed by atoms with Gasteiger partial charge in [0.15, 0.2) is 0 Å². The maximum absolute atomic E-state index is 11.4. The fourth-order valence-electron chi connectivity index (χ4n) is 5.49. The topological polar surface area (TPSA) is 29.5 Å². The number of hydrogen-bond donors (Lipinski definition) is 1. The molecule has 1 saturated heterocycles. The summed E-state index contributed by atoms with van der Waals surface area (Å²) in [5, 5.41) is 11.4. The molecular formula is C19H34O2. The summed E-state index contributed by atoms with van der Waals surface area (Å²) in [7, 11) is 0. The first-order valence-electron chi connectivity index (χ1n) is 9.38. The van der Waals surface area contributed by atoms with Crippen LogP contribution in [0.15, 0.2) is 0 Å². The molecule has 0 aromatic rings. The molecule has 0 aromatic carbocycles. The molecule has 122 valence electrons. The molecule has 3 rings (SSSR count). The van der Waals surface area contributed by atoms with E-state index in [1.807, 2.05) is 0 Å². The molecule has 1 aliphatic heterocycles. The largest absolute Gasteiger partial charge is 0.390 e. The molecule has 0 amide bonds. The van der Waals surface area contributed by atoms with Crippen LogP contribution in [0.1, 0.15) is 84.5 Å². The lowest BCUT2D eigenvalue weighted by atomic mass is 9.65. The van der Waals surface area contributed by atoms with Crippen molar-refractivity contribution >= 4 is 0 Å². The summed E-state index contributed by atoms with van der Waals surface area (Å²) in [5.74, 6) is 1.98. The molecule has 1 N–H and O–H groups in total. The summed E-state index contributed by atoms with van der Waals surface area (Å²) < 4.78 is 6.17. The highest BCUT2D eigenvalue weighted by molar-refractivity contribution is 4.99. The van der Waals surface area contributed by atoms with E-state index in [0.29, 0.717) is 5.92 Å². The van der Waals surface area contributed by atoms with Gasteiger partial charge in [-0.3, -0.25) is 0 Å². The molecule has 2 saturated carbocycles. The van der Waals surface area contributed by atoms with Gasteiger partial charge < -0.3 is 9.84 Å². The highest BCUT2D eigenvalue weighted by Crippen LogP contribution is 2.49. The van der Waals surface area contributed by atoms with E-state index in [4.69, 9.17) is 4.74 Å². The zero-order valence-electron chi connectivity index (χ0n) is 14.1. The van der Waals surface area contributed by atoms with E-state index >= 15 is 0 Å². The number of rotatable bonds is 3. The van der Waals surface area contributed by atoms with Crippen LogP contribution in [-0.4, -0.2) is 22.9 Å². The minimum atomic E-state index is -0.392. The summed E-state index contributed by atoms with van der Waals surface area (Å²) in [5.41, 5.74) is -0.249. The van der Waals surface area contributed by atoms with E-state index in [0.717, 1.165) is 44.1 Å². The highest BCUT2D eigenvalue weighted by atomic mass is 16.5. The van der Waals surface area contributed by atoms with Crippen LogP contribution in [0.3, 0.4) is 0 Å². The fourth-order valence-corrected chi connectivity index (χ4v) is 5.49. The van der Waals surface area contributed by atoms with Crippen molar-refractivity contribution in [3.63, 3.8) is 0 Å². The van der Waals surface area contributed by atoms with Crippen molar-refractivity contribution in [3.05, 3.63) is 0 Å². The molecule has 3 fully saturated rings. The lowest BCUT2D eigenvalue weighted by Gasteiger charge is -2.48. The molecule has 3 atom stereocenters. The zero-order chi connectivity index (χ0) is 14.9. The molecule has 3 unspecified atom stereocenters. The zero-order valence-corrected chi connectivity index (χ0v) is 14.1. The predicted molar refractivity (Wildman–Crippen MR) is 86.2 cm³/mol. The summed E-state index contributed by atoms with van der Waals surface area (Å²) >= 11 is 0. The van der Waals surface area contributed by atoms with Gasteiger partial charge in [-0.25, -0.2) is 0 Å². The smallest absolute Gasteiger partial charge is 0.0686 e. The molecule has 3 aliphatic rings. The molecule has 1 heterocycles. The SMILES string of the molecule is CC(C)CC1CCCC(O)(C2CCOC3(CCCC3)C2)C1. The van der Waals surface area contributed by atoms with E-state index in [1.165, 1.54) is 44.9 Å². The van der Waals surface area contributed by atoms with Gasteiger partial charge in [-0.2, -0.15) is 0 Å². The van der Waals surface area contributed by atoms with Crippen LogP contribution in [-0.2, 0) is 4.74 Å². The number of aliphatic hydroxyl groups is 1. The lowest BCUT2D eigenvalue weighted by Crippen LogP contribution is -2.49. The molecule has 2 heteroatoms. The van der Waals surface area contributed by atoms with Crippen LogP contribution in [0.2, 0.25) is 0 Å². The Balaban J connectivity index is 1.66. The van der Waals surface area contributed by atoms with Crippen molar-refractivity contribution in [2.24, 2.45) is 17.8 Å². The fraction of sp³-hybridized carbons (Fsp3) is 1.00. The summed E-state index contributed by atoms with van der Waals surface area (Å²) in [6.45, 7) is 5.51. The maximum Gasteiger partial charge on any atom is 0.0686 e. The van der Waals surface area contributed by atoms with Gasteiger partial charge >= 0.3 is 0 Å². The van der Waals surface area contributed by atoms with E-state index in [2.05, 4.69) is 13.8 Å². The predicted octanol–water partition coefficient (Wildman–Crippen LogP) is 4.69. The standard InChI is InChI=1S/C19H34O2/c1-15(2)12-16-6-5-10-19(20,13-16)17-7-11-21-18(14-17)8-3-4-9-18/h15-17,20H,3-14H2,1-2H3. The molecule has 0 aromatic heterocycles. The Morgan fingerprint density at radius 1 is 1.05 bits per heavy atom. The van der Waals surface area contributed by atoms with Gasteiger partial charge in [0.2, 0.25) is 0 Å². The van der Waals surface area contributed by atoms with Gasteiger partial charge in [0.05, 0.1) is 11.2 Å². The lowest BCUT2D eigenvalue weighted by molar-refractivity contribution is -0.155. The van der Waals surface area contributed by atoms with Crippen LogP contribution in [0.25, 0.3) is 0 Å². The van der Waals surface area contributed by atoms with E-state index in [1.54, 1.807) is 0 Å². The maximum atomic E-state index is 11.4. The number of ether oxygens (including phenoxy) is 1. The molecule has 1 spiro atoms. The third kappa shape index (κ3) is 3.47.